The average Bonchev–Trinajstić information content (AvgIpc) is 3.12. The lowest BCUT2D eigenvalue weighted by Gasteiger charge is -2.26. The van der Waals surface area contributed by atoms with E-state index in [9.17, 15) is 9.59 Å². The van der Waals surface area contributed by atoms with Crippen LogP contribution in [0.15, 0.2) is 42.5 Å². The van der Waals surface area contributed by atoms with Gasteiger partial charge in [0.1, 0.15) is 0 Å². The van der Waals surface area contributed by atoms with E-state index < -0.39 is 0 Å². The smallest absolute Gasteiger partial charge is 0.257 e. The van der Waals surface area contributed by atoms with Gasteiger partial charge in [0.05, 0.1) is 11.0 Å². The number of hydrogen-bond acceptors (Lipinski definition) is 4. The molecule has 182 valence electrons. The number of amides is 2. The Morgan fingerprint density at radius 3 is 2.21 bits per heavy atom. The fourth-order valence-corrected chi connectivity index (χ4v) is 4.01. The molecule has 0 aliphatic carbocycles. The van der Waals surface area contributed by atoms with Gasteiger partial charge in [-0.25, -0.2) is 4.98 Å². The first kappa shape index (κ1) is 25.4. The summed E-state index contributed by atoms with van der Waals surface area (Å²) in [4.78, 5) is 32.8. The lowest BCUT2D eigenvalue weighted by Crippen LogP contribution is -2.37. The lowest BCUT2D eigenvalue weighted by molar-refractivity contribution is 0.0715. The monoisotopic (exact) mass is 463 g/mol. The van der Waals surface area contributed by atoms with Crippen molar-refractivity contribution < 1.29 is 9.59 Å². The summed E-state index contributed by atoms with van der Waals surface area (Å²) in [7, 11) is 0. The van der Waals surface area contributed by atoms with E-state index >= 15 is 0 Å². The molecule has 0 aliphatic heterocycles. The highest BCUT2D eigenvalue weighted by Crippen LogP contribution is 2.23. The Labute approximate surface area is 202 Å². The molecule has 0 saturated carbocycles. The highest BCUT2D eigenvalue weighted by atomic mass is 16.2. The van der Waals surface area contributed by atoms with E-state index in [-0.39, 0.29) is 11.8 Å². The first-order valence-corrected chi connectivity index (χ1v) is 12.1. The number of aryl methyl sites for hydroxylation is 2. The van der Waals surface area contributed by atoms with Gasteiger partial charge in [-0.2, -0.15) is 0 Å². The minimum atomic E-state index is -0.222. The highest BCUT2D eigenvalue weighted by molar-refractivity contribution is 6.04. The van der Waals surface area contributed by atoms with E-state index in [2.05, 4.69) is 38.0 Å². The molecule has 3 aromatic rings. The Balaban J connectivity index is 1.96. The number of anilines is 1. The quantitative estimate of drug-likeness (QED) is 0.456. The van der Waals surface area contributed by atoms with Crippen molar-refractivity contribution in [1.82, 2.24) is 14.5 Å². The van der Waals surface area contributed by atoms with Gasteiger partial charge < -0.3 is 15.2 Å². The molecule has 1 aromatic heterocycles. The van der Waals surface area contributed by atoms with Crippen molar-refractivity contribution in [3.63, 3.8) is 0 Å². The molecule has 0 bridgehead atoms. The number of imidazole rings is 1. The Bertz CT molecular complexity index is 1120. The van der Waals surface area contributed by atoms with Crippen LogP contribution < -0.4 is 11.1 Å². The number of carbonyl (C=O) groups is 2. The van der Waals surface area contributed by atoms with Gasteiger partial charge in [-0.15, -0.1) is 0 Å². The van der Waals surface area contributed by atoms with Crippen molar-refractivity contribution in [3.8, 4) is 0 Å². The summed E-state index contributed by atoms with van der Waals surface area (Å²) >= 11 is 0. The Hall–Kier alpha value is -3.19. The Morgan fingerprint density at radius 1 is 1.00 bits per heavy atom. The van der Waals surface area contributed by atoms with Gasteiger partial charge in [0.25, 0.3) is 11.8 Å². The molecule has 0 atom stereocenters. The van der Waals surface area contributed by atoms with Crippen molar-refractivity contribution in [2.45, 2.75) is 47.6 Å². The summed E-state index contributed by atoms with van der Waals surface area (Å²) in [6.07, 6.45) is 0.726. The van der Waals surface area contributed by atoms with E-state index in [1.807, 2.05) is 46.7 Å². The second-order valence-electron chi connectivity index (χ2n) is 9.75. The van der Waals surface area contributed by atoms with Gasteiger partial charge in [0.2, 0.25) is 5.95 Å². The summed E-state index contributed by atoms with van der Waals surface area (Å²) in [5.74, 6) is 1.01. The van der Waals surface area contributed by atoms with Gasteiger partial charge in [-0.3, -0.25) is 14.9 Å². The number of nitrogens with one attached hydrogen (secondary N) is 1. The topological polar surface area (TPSA) is 93.2 Å². The molecular formula is C27H37N5O2. The van der Waals surface area contributed by atoms with Crippen molar-refractivity contribution in [2.75, 3.05) is 25.0 Å². The van der Waals surface area contributed by atoms with Gasteiger partial charge in [0, 0.05) is 30.8 Å². The number of nitrogens with zero attached hydrogens (tertiary/aromatic N) is 3. The van der Waals surface area contributed by atoms with Crippen molar-refractivity contribution in [1.29, 1.82) is 0 Å². The molecule has 0 radical (unpaired) electrons. The third-order valence-electron chi connectivity index (χ3n) is 5.58. The van der Waals surface area contributed by atoms with Gasteiger partial charge >= 0.3 is 0 Å². The molecule has 0 saturated heterocycles. The number of carbonyl (C=O) groups excluding carboxylic acids is 2. The zero-order valence-electron chi connectivity index (χ0n) is 21.0. The first-order chi connectivity index (χ1) is 16.2. The average molecular weight is 464 g/mol. The number of hydrogen-bond donors (Lipinski definition) is 2. The van der Waals surface area contributed by atoms with E-state index in [0.29, 0.717) is 55.1 Å². The Morgan fingerprint density at radius 2 is 1.62 bits per heavy atom. The van der Waals surface area contributed by atoms with E-state index in [0.717, 1.165) is 23.0 Å². The van der Waals surface area contributed by atoms with Gasteiger partial charge in [-0.1, -0.05) is 45.4 Å². The SMILES string of the molecule is Cc1ccc(C(=O)Nc2nc3ccc(C(=O)N(CC(C)C)CC(C)C)cc3n2CCCN)cc1. The number of fused-ring (bicyclic) bond motifs is 1. The van der Waals surface area contributed by atoms with Gasteiger partial charge in [0.15, 0.2) is 0 Å². The van der Waals surface area contributed by atoms with Crippen molar-refractivity contribution in [2.24, 2.45) is 17.6 Å². The zero-order chi connectivity index (χ0) is 24.8. The number of rotatable bonds is 10. The molecule has 7 heteroatoms. The van der Waals surface area contributed by atoms with Crippen LogP contribution in [-0.2, 0) is 6.54 Å². The maximum Gasteiger partial charge on any atom is 0.257 e. The van der Waals surface area contributed by atoms with Gasteiger partial charge in [-0.05, 0) is 62.1 Å². The molecule has 7 nitrogen and oxygen atoms in total. The molecular weight excluding hydrogens is 426 g/mol. The third kappa shape index (κ3) is 6.23. The predicted molar refractivity (Wildman–Crippen MR) is 138 cm³/mol. The molecule has 34 heavy (non-hydrogen) atoms. The number of nitrogens with two attached hydrogens (primary N) is 1. The maximum absolute atomic E-state index is 13.4. The third-order valence-corrected chi connectivity index (χ3v) is 5.58. The van der Waals surface area contributed by atoms with Crippen LogP contribution >= 0.6 is 0 Å². The van der Waals surface area contributed by atoms with E-state index in [1.54, 1.807) is 12.1 Å². The van der Waals surface area contributed by atoms with Crippen LogP contribution in [0.25, 0.3) is 11.0 Å². The molecule has 0 fully saturated rings. The largest absolute Gasteiger partial charge is 0.338 e. The standard InChI is InChI=1S/C27H37N5O2/c1-18(2)16-31(17-19(3)4)26(34)22-11-12-23-24(15-22)32(14-6-13-28)27(29-23)30-25(33)21-9-7-20(5)8-10-21/h7-12,15,18-19H,6,13-14,16-17,28H2,1-5H3,(H,29,30,33). The van der Waals surface area contributed by atoms with Crippen LogP contribution in [-0.4, -0.2) is 45.9 Å². The zero-order valence-corrected chi connectivity index (χ0v) is 21.0. The summed E-state index contributed by atoms with van der Waals surface area (Å²) in [5.41, 5.74) is 9.60. The predicted octanol–water partition coefficient (Wildman–Crippen LogP) is 4.70. The second kappa shape index (κ2) is 11.3. The minimum Gasteiger partial charge on any atom is -0.338 e. The molecule has 2 amide bonds. The van der Waals surface area contributed by atoms with E-state index in [4.69, 9.17) is 5.73 Å². The van der Waals surface area contributed by atoms with Crippen LogP contribution in [0.1, 0.15) is 60.4 Å². The molecule has 0 unspecified atom stereocenters. The second-order valence-corrected chi connectivity index (χ2v) is 9.75. The fourth-order valence-electron chi connectivity index (χ4n) is 4.01. The molecule has 0 aliphatic rings. The summed E-state index contributed by atoms with van der Waals surface area (Å²) < 4.78 is 1.94. The van der Waals surface area contributed by atoms with Crippen LogP contribution in [0.2, 0.25) is 0 Å². The van der Waals surface area contributed by atoms with Crippen LogP contribution in [0.4, 0.5) is 5.95 Å². The Kier molecular flexibility index (Phi) is 8.45. The number of benzene rings is 2. The van der Waals surface area contributed by atoms with Crippen LogP contribution in [0.3, 0.4) is 0 Å². The molecule has 1 heterocycles. The normalized spacial score (nSPS) is 11.4. The summed E-state index contributed by atoms with van der Waals surface area (Å²) in [6.45, 7) is 13.0. The van der Waals surface area contributed by atoms with Crippen molar-refractivity contribution >= 4 is 28.8 Å². The number of aromatic nitrogens is 2. The molecule has 3 rings (SSSR count). The first-order valence-electron chi connectivity index (χ1n) is 12.1. The highest BCUT2D eigenvalue weighted by Gasteiger charge is 2.21. The molecule has 0 spiro atoms. The van der Waals surface area contributed by atoms with Crippen LogP contribution in [0.5, 0.6) is 0 Å². The van der Waals surface area contributed by atoms with E-state index in [1.165, 1.54) is 0 Å². The summed E-state index contributed by atoms with van der Waals surface area (Å²) in [6, 6.07) is 13.0. The molecule has 3 N–H and O–H groups in total. The molecule has 2 aromatic carbocycles. The fraction of sp³-hybridized carbons (Fsp3) is 0.444. The lowest BCUT2D eigenvalue weighted by atomic mass is 10.1. The summed E-state index contributed by atoms with van der Waals surface area (Å²) in [5, 5.41) is 2.95. The minimum absolute atomic E-state index is 0.0149. The maximum atomic E-state index is 13.4. The van der Waals surface area contributed by atoms with Crippen molar-refractivity contribution in [3.05, 3.63) is 59.2 Å². The van der Waals surface area contributed by atoms with Crippen LogP contribution in [0, 0.1) is 18.8 Å².